The molecular formula is C11H16N2S. The average molecular weight is 208 g/mol. The van der Waals surface area contributed by atoms with E-state index in [2.05, 4.69) is 32.0 Å². The normalized spacial score (nSPS) is 10.6. The molecule has 14 heavy (non-hydrogen) atoms. The van der Waals surface area contributed by atoms with Crippen molar-refractivity contribution in [1.82, 2.24) is 4.90 Å². The molecule has 0 aliphatic carbocycles. The van der Waals surface area contributed by atoms with Crippen LogP contribution in [0.15, 0.2) is 18.2 Å². The van der Waals surface area contributed by atoms with Crippen molar-refractivity contribution in [3.63, 3.8) is 0 Å². The van der Waals surface area contributed by atoms with Gasteiger partial charge in [0.25, 0.3) is 0 Å². The first-order chi connectivity index (χ1) is 6.50. The van der Waals surface area contributed by atoms with Crippen molar-refractivity contribution in [2.24, 2.45) is 5.73 Å². The predicted octanol–water partition coefficient (Wildman–Crippen LogP) is 1.69. The lowest BCUT2D eigenvalue weighted by atomic mass is 10.0. The molecule has 1 aromatic rings. The number of hydrogen-bond acceptors (Lipinski definition) is 2. The molecule has 3 heteroatoms. The Morgan fingerprint density at radius 3 is 2.50 bits per heavy atom. The van der Waals surface area contributed by atoms with Gasteiger partial charge in [0.2, 0.25) is 0 Å². The lowest BCUT2D eigenvalue weighted by molar-refractivity contribution is 0.401. The van der Waals surface area contributed by atoms with Gasteiger partial charge in [0.05, 0.1) is 0 Å². The Kier molecular flexibility index (Phi) is 3.61. The molecular weight excluding hydrogens is 192 g/mol. The van der Waals surface area contributed by atoms with E-state index in [1.807, 2.05) is 12.1 Å². The molecule has 2 N–H and O–H groups in total. The van der Waals surface area contributed by atoms with E-state index in [0.29, 0.717) is 4.99 Å². The first-order valence-corrected chi connectivity index (χ1v) is 4.95. The minimum atomic E-state index is 0.463. The van der Waals surface area contributed by atoms with Crippen LogP contribution in [-0.4, -0.2) is 24.0 Å². The monoisotopic (exact) mass is 208 g/mol. The SMILES string of the molecule is Cc1cc(C(N)=S)ccc1CN(C)C. The van der Waals surface area contributed by atoms with Crippen LogP contribution in [0.2, 0.25) is 0 Å². The van der Waals surface area contributed by atoms with Crippen molar-refractivity contribution < 1.29 is 0 Å². The maximum atomic E-state index is 5.55. The molecule has 2 nitrogen and oxygen atoms in total. The van der Waals surface area contributed by atoms with E-state index in [0.717, 1.165) is 12.1 Å². The molecule has 0 bridgehead atoms. The summed E-state index contributed by atoms with van der Waals surface area (Å²) in [6, 6.07) is 6.11. The van der Waals surface area contributed by atoms with E-state index in [9.17, 15) is 0 Å². The lowest BCUT2D eigenvalue weighted by Crippen LogP contribution is -2.13. The highest BCUT2D eigenvalue weighted by molar-refractivity contribution is 7.80. The molecule has 0 atom stereocenters. The van der Waals surface area contributed by atoms with Gasteiger partial charge < -0.3 is 10.6 Å². The third-order valence-corrected chi connectivity index (χ3v) is 2.35. The fourth-order valence-electron chi connectivity index (χ4n) is 1.37. The summed E-state index contributed by atoms with van der Waals surface area (Å²) in [4.78, 5) is 2.60. The van der Waals surface area contributed by atoms with Crippen LogP contribution in [0.3, 0.4) is 0 Å². The molecule has 0 spiro atoms. The standard InChI is InChI=1S/C11H16N2S/c1-8-6-9(11(12)14)4-5-10(8)7-13(2)3/h4-6H,7H2,1-3H3,(H2,12,14). The Bertz CT molecular complexity index is 345. The molecule has 0 aliphatic heterocycles. The molecule has 0 radical (unpaired) electrons. The highest BCUT2D eigenvalue weighted by atomic mass is 32.1. The molecule has 0 amide bonds. The summed E-state index contributed by atoms with van der Waals surface area (Å²) in [5.74, 6) is 0. The molecule has 0 fully saturated rings. The second-order valence-corrected chi connectivity index (χ2v) is 4.18. The third kappa shape index (κ3) is 2.79. The van der Waals surface area contributed by atoms with E-state index < -0.39 is 0 Å². The first kappa shape index (κ1) is 11.1. The fourth-order valence-corrected chi connectivity index (χ4v) is 1.49. The zero-order valence-electron chi connectivity index (χ0n) is 8.87. The van der Waals surface area contributed by atoms with Crippen molar-refractivity contribution >= 4 is 17.2 Å². The van der Waals surface area contributed by atoms with Gasteiger partial charge in [-0.05, 0) is 38.2 Å². The number of hydrogen-bond donors (Lipinski definition) is 1. The van der Waals surface area contributed by atoms with Crippen molar-refractivity contribution in [3.8, 4) is 0 Å². The van der Waals surface area contributed by atoms with E-state index in [1.54, 1.807) is 0 Å². The Hall–Kier alpha value is -0.930. The van der Waals surface area contributed by atoms with Crippen LogP contribution >= 0.6 is 12.2 Å². The predicted molar refractivity (Wildman–Crippen MR) is 64.5 cm³/mol. The number of nitrogens with zero attached hydrogens (tertiary/aromatic N) is 1. The Balaban J connectivity index is 2.95. The van der Waals surface area contributed by atoms with Crippen LogP contribution in [0, 0.1) is 6.92 Å². The van der Waals surface area contributed by atoms with Gasteiger partial charge in [0.15, 0.2) is 0 Å². The van der Waals surface area contributed by atoms with E-state index >= 15 is 0 Å². The summed E-state index contributed by atoms with van der Waals surface area (Å²) in [7, 11) is 4.11. The third-order valence-electron chi connectivity index (χ3n) is 2.11. The Labute approximate surface area is 90.7 Å². The number of aryl methyl sites for hydroxylation is 1. The van der Waals surface area contributed by atoms with Crippen LogP contribution in [0.25, 0.3) is 0 Å². The van der Waals surface area contributed by atoms with Gasteiger partial charge in [-0.3, -0.25) is 0 Å². The largest absolute Gasteiger partial charge is 0.389 e. The second-order valence-electron chi connectivity index (χ2n) is 3.74. The quantitative estimate of drug-likeness (QED) is 0.767. The van der Waals surface area contributed by atoms with Crippen molar-refractivity contribution in [3.05, 3.63) is 34.9 Å². The van der Waals surface area contributed by atoms with Gasteiger partial charge in [-0.1, -0.05) is 24.4 Å². The Morgan fingerprint density at radius 1 is 1.43 bits per heavy atom. The molecule has 0 aliphatic rings. The van der Waals surface area contributed by atoms with Crippen molar-refractivity contribution in [1.29, 1.82) is 0 Å². The first-order valence-electron chi connectivity index (χ1n) is 4.55. The highest BCUT2D eigenvalue weighted by Gasteiger charge is 2.02. The minimum Gasteiger partial charge on any atom is -0.389 e. The molecule has 0 heterocycles. The number of nitrogens with two attached hydrogens (primary N) is 1. The zero-order chi connectivity index (χ0) is 10.7. The van der Waals surface area contributed by atoms with Crippen LogP contribution < -0.4 is 5.73 Å². The summed E-state index contributed by atoms with van der Waals surface area (Å²) in [5.41, 5.74) is 9.05. The lowest BCUT2D eigenvalue weighted by Gasteiger charge is -2.12. The van der Waals surface area contributed by atoms with Crippen LogP contribution in [0.1, 0.15) is 16.7 Å². The van der Waals surface area contributed by atoms with Crippen molar-refractivity contribution in [2.45, 2.75) is 13.5 Å². The van der Waals surface area contributed by atoms with Gasteiger partial charge in [-0.25, -0.2) is 0 Å². The van der Waals surface area contributed by atoms with Gasteiger partial charge in [-0.2, -0.15) is 0 Å². The molecule has 1 aromatic carbocycles. The minimum absolute atomic E-state index is 0.463. The number of thiocarbonyl (C=S) groups is 1. The van der Waals surface area contributed by atoms with E-state index in [4.69, 9.17) is 18.0 Å². The van der Waals surface area contributed by atoms with Gasteiger partial charge in [-0.15, -0.1) is 0 Å². The summed E-state index contributed by atoms with van der Waals surface area (Å²) >= 11 is 4.92. The Morgan fingerprint density at radius 2 is 2.07 bits per heavy atom. The highest BCUT2D eigenvalue weighted by Crippen LogP contribution is 2.12. The zero-order valence-corrected chi connectivity index (χ0v) is 9.69. The van der Waals surface area contributed by atoms with Gasteiger partial charge in [0.1, 0.15) is 4.99 Å². The van der Waals surface area contributed by atoms with Gasteiger partial charge in [0, 0.05) is 12.1 Å². The fraction of sp³-hybridized carbons (Fsp3) is 0.364. The van der Waals surface area contributed by atoms with Gasteiger partial charge >= 0.3 is 0 Å². The molecule has 0 saturated carbocycles. The topological polar surface area (TPSA) is 29.3 Å². The molecule has 0 unspecified atom stereocenters. The second kappa shape index (κ2) is 4.53. The number of benzene rings is 1. The number of rotatable bonds is 3. The van der Waals surface area contributed by atoms with Crippen LogP contribution in [0.5, 0.6) is 0 Å². The summed E-state index contributed by atoms with van der Waals surface area (Å²) in [6.45, 7) is 3.03. The maximum absolute atomic E-state index is 5.55. The smallest absolute Gasteiger partial charge is 0.103 e. The summed E-state index contributed by atoms with van der Waals surface area (Å²) in [6.07, 6.45) is 0. The molecule has 76 valence electrons. The van der Waals surface area contributed by atoms with Crippen LogP contribution in [0.4, 0.5) is 0 Å². The molecule has 0 saturated heterocycles. The maximum Gasteiger partial charge on any atom is 0.103 e. The van der Waals surface area contributed by atoms with Crippen LogP contribution in [-0.2, 0) is 6.54 Å². The average Bonchev–Trinajstić information content (AvgIpc) is 2.07. The van der Waals surface area contributed by atoms with E-state index in [1.165, 1.54) is 11.1 Å². The molecule has 1 rings (SSSR count). The molecule has 0 aromatic heterocycles. The van der Waals surface area contributed by atoms with Crippen molar-refractivity contribution in [2.75, 3.05) is 14.1 Å². The summed E-state index contributed by atoms with van der Waals surface area (Å²) in [5, 5.41) is 0. The summed E-state index contributed by atoms with van der Waals surface area (Å²) < 4.78 is 0. The van der Waals surface area contributed by atoms with E-state index in [-0.39, 0.29) is 0 Å².